The third-order valence-electron chi connectivity index (χ3n) is 4.01. The van der Waals surface area contributed by atoms with Crippen molar-refractivity contribution in [3.63, 3.8) is 0 Å². The van der Waals surface area contributed by atoms with E-state index in [9.17, 15) is 4.39 Å². The molecule has 0 atom stereocenters. The van der Waals surface area contributed by atoms with Crippen LogP contribution in [-0.2, 0) is 19.4 Å². The second kappa shape index (κ2) is 5.63. The SMILES string of the molecule is NCc1ccc(N2CCc3ccccc3CC2)c(F)c1. The van der Waals surface area contributed by atoms with E-state index in [0.717, 1.165) is 31.5 Å². The predicted molar refractivity (Wildman–Crippen MR) is 80.4 cm³/mol. The number of benzene rings is 2. The molecule has 0 fully saturated rings. The molecule has 0 saturated carbocycles. The maximum atomic E-state index is 14.2. The van der Waals surface area contributed by atoms with E-state index in [2.05, 4.69) is 29.2 Å². The second-order valence-corrected chi connectivity index (χ2v) is 5.25. The van der Waals surface area contributed by atoms with Crippen molar-refractivity contribution in [2.45, 2.75) is 19.4 Å². The van der Waals surface area contributed by atoms with E-state index in [-0.39, 0.29) is 5.82 Å². The summed E-state index contributed by atoms with van der Waals surface area (Å²) in [6.45, 7) is 2.09. The van der Waals surface area contributed by atoms with E-state index in [1.165, 1.54) is 11.1 Å². The minimum absolute atomic E-state index is 0.168. The summed E-state index contributed by atoms with van der Waals surface area (Å²) in [4.78, 5) is 2.13. The van der Waals surface area contributed by atoms with Gasteiger partial charge in [0.25, 0.3) is 0 Å². The first kappa shape index (κ1) is 13.1. The molecule has 0 unspecified atom stereocenters. The number of nitrogens with zero attached hydrogens (tertiary/aromatic N) is 1. The zero-order chi connectivity index (χ0) is 13.9. The zero-order valence-electron chi connectivity index (χ0n) is 11.5. The zero-order valence-corrected chi connectivity index (χ0v) is 11.5. The van der Waals surface area contributed by atoms with E-state index in [1.54, 1.807) is 6.07 Å². The minimum atomic E-state index is -0.168. The van der Waals surface area contributed by atoms with Gasteiger partial charge in [-0.25, -0.2) is 4.39 Å². The first-order valence-corrected chi connectivity index (χ1v) is 7.08. The largest absolute Gasteiger partial charge is 0.369 e. The maximum absolute atomic E-state index is 14.2. The van der Waals surface area contributed by atoms with E-state index >= 15 is 0 Å². The van der Waals surface area contributed by atoms with Gasteiger partial charge in [-0.1, -0.05) is 30.3 Å². The molecule has 0 bridgehead atoms. The Morgan fingerprint density at radius 2 is 1.65 bits per heavy atom. The lowest BCUT2D eigenvalue weighted by Crippen LogP contribution is -2.27. The lowest BCUT2D eigenvalue weighted by Gasteiger charge is -2.23. The summed E-state index contributed by atoms with van der Waals surface area (Å²) in [5.74, 6) is -0.168. The number of rotatable bonds is 2. The van der Waals surface area contributed by atoms with Crippen molar-refractivity contribution < 1.29 is 4.39 Å². The summed E-state index contributed by atoms with van der Waals surface area (Å²) in [7, 11) is 0. The second-order valence-electron chi connectivity index (χ2n) is 5.25. The number of anilines is 1. The summed E-state index contributed by atoms with van der Waals surface area (Å²) in [6.07, 6.45) is 1.93. The van der Waals surface area contributed by atoms with Gasteiger partial charge in [0.15, 0.2) is 0 Å². The van der Waals surface area contributed by atoms with Gasteiger partial charge in [-0.2, -0.15) is 0 Å². The number of hydrogen-bond acceptors (Lipinski definition) is 2. The lowest BCUT2D eigenvalue weighted by molar-refractivity contribution is 0.615. The topological polar surface area (TPSA) is 29.3 Å². The van der Waals surface area contributed by atoms with Crippen LogP contribution in [0, 0.1) is 5.82 Å². The third-order valence-corrected chi connectivity index (χ3v) is 4.01. The summed E-state index contributed by atoms with van der Waals surface area (Å²) in [5.41, 5.74) is 9.84. The van der Waals surface area contributed by atoms with Crippen LogP contribution in [0.15, 0.2) is 42.5 Å². The molecule has 0 amide bonds. The van der Waals surface area contributed by atoms with Gasteiger partial charge in [0.1, 0.15) is 5.82 Å². The Hall–Kier alpha value is -1.87. The highest BCUT2D eigenvalue weighted by Gasteiger charge is 2.16. The molecule has 0 aliphatic carbocycles. The Balaban J connectivity index is 1.83. The fraction of sp³-hybridized carbons (Fsp3) is 0.294. The van der Waals surface area contributed by atoms with Crippen molar-refractivity contribution in [1.82, 2.24) is 0 Å². The van der Waals surface area contributed by atoms with E-state index in [0.29, 0.717) is 12.2 Å². The van der Waals surface area contributed by atoms with E-state index in [1.807, 2.05) is 12.1 Å². The van der Waals surface area contributed by atoms with E-state index < -0.39 is 0 Å². The van der Waals surface area contributed by atoms with Crippen molar-refractivity contribution in [2.24, 2.45) is 5.73 Å². The first-order valence-electron chi connectivity index (χ1n) is 7.08. The van der Waals surface area contributed by atoms with Gasteiger partial charge in [0.05, 0.1) is 5.69 Å². The molecule has 0 spiro atoms. The number of hydrogen-bond donors (Lipinski definition) is 1. The van der Waals surface area contributed by atoms with Gasteiger partial charge >= 0.3 is 0 Å². The highest BCUT2D eigenvalue weighted by atomic mass is 19.1. The monoisotopic (exact) mass is 270 g/mol. The van der Waals surface area contributed by atoms with Crippen LogP contribution in [0.3, 0.4) is 0 Å². The van der Waals surface area contributed by atoms with Crippen LogP contribution in [0.4, 0.5) is 10.1 Å². The van der Waals surface area contributed by atoms with Crippen LogP contribution < -0.4 is 10.6 Å². The highest BCUT2D eigenvalue weighted by molar-refractivity contribution is 5.50. The number of nitrogens with two attached hydrogens (primary N) is 1. The lowest BCUT2D eigenvalue weighted by atomic mass is 10.0. The molecule has 20 heavy (non-hydrogen) atoms. The summed E-state index contributed by atoms with van der Waals surface area (Å²) in [6, 6.07) is 13.8. The Bertz CT molecular complexity index is 583. The molecule has 0 aromatic heterocycles. The van der Waals surface area contributed by atoms with Gasteiger partial charge in [-0.05, 0) is 41.7 Å². The molecule has 1 aliphatic rings. The molecular formula is C17H19FN2. The Labute approximate surface area is 119 Å². The third kappa shape index (κ3) is 2.54. The molecule has 1 heterocycles. The van der Waals surface area contributed by atoms with Crippen molar-refractivity contribution in [1.29, 1.82) is 0 Å². The van der Waals surface area contributed by atoms with Crippen molar-refractivity contribution in [3.8, 4) is 0 Å². The molecule has 1 aliphatic heterocycles. The summed E-state index contributed by atoms with van der Waals surface area (Å²) in [5, 5.41) is 0. The van der Waals surface area contributed by atoms with Gasteiger partial charge in [-0.3, -0.25) is 0 Å². The van der Waals surface area contributed by atoms with Crippen molar-refractivity contribution in [3.05, 3.63) is 65.0 Å². The molecule has 2 aromatic rings. The molecule has 3 rings (SSSR count). The normalized spacial score (nSPS) is 14.8. The van der Waals surface area contributed by atoms with Gasteiger partial charge < -0.3 is 10.6 Å². The Morgan fingerprint density at radius 3 is 2.20 bits per heavy atom. The standard InChI is InChI=1S/C17H19FN2/c18-16-11-13(12-19)5-6-17(16)20-9-7-14-3-1-2-4-15(14)8-10-20/h1-6,11H,7-10,12,19H2. The molecule has 0 radical (unpaired) electrons. The number of fused-ring (bicyclic) bond motifs is 1. The average molecular weight is 270 g/mol. The van der Waals surface area contributed by atoms with Crippen LogP contribution in [0.1, 0.15) is 16.7 Å². The summed E-state index contributed by atoms with van der Waals surface area (Å²) < 4.78 is 14.2. The fourth-order valence-corrected chi connectivity index (χ4v) is 2.84. The minimum Gasteiger partial charge on any atom is -0.369 e. The maximum Gasteiger partial charge on any atom is 0.146 e. The highest BCUT2D eigenvalue weighted by Crippen LogP contribution is 2.24. The fourth-order valence-electron chi connectivity index (χ4n) is 2.84. The van der Waals surface area contributed by atoms with E-state index in [4.69, 9.17) is 5.73 Å². The molecule has 2 aromatic carbocycles. The summed E-state index contributed by atoms with van der Waals surface area (Å²) >= 11 is 0. The van der Waals surface area contributed by atoms with Crippen LogP contribution >= 0.6 is 0 Å². The molecule has 2 nitrogen and oxygen atoms in total. The molecule has 3 heteroatoms. The Kier molecular flexibility index (Phi) is 3.70. The predicted octanol–water partition coefficient (Wildman–Crippen LogP) is 2.89. The van der Waals surface area contributed by atoms with Crippen molar-refractivity contribution in [2.75, 3.05) is 18.0 Å². The van der Waals surface area contributed by atoms with Gasteiger partial charge in [0, 0.05) is 19.6 Å². The molecule has 0 saturated heterocycles. The first-order chi connectivity index (χ1) is 9.78. The molecule has 2 N–H and O–H groups in total. The van der Waals surface area contributed by atoms with Crippen molar-refractivity contribution >= 4 is 5.69 Å². The van der Waals surface area contributed by atoms with Crippen LogP contribution in [0.25, 0.3) is 0 Å². The van der Waals surface area contributed by atoms with Crippen LogP contribution in [0.5, 0.6) is 0 Å². The van der Waals surface area contributed by atoms with Gasteiger partial charge in [0.2, 0.25) is 0 Å². The van der Waals surface area contributed by atoms with Crippen LogP contribution in [0.2, 0.25) is 0 Å². The molecule has 104 valence electrons. The smallest absolute Gasteiger partial charge is 0.146 e. The van der Waals surface area contributed by atoms with Gasteiger partial charge in [-0.15, -0.1) is 0 Å². The Morgan fingerprint density at radius 1 is 1.00 bits per heavy atom. The quantitative estimate of drug-likeness (QED) is 0.909. The molecular weight excluding hydrogens is 251 g/mol. The van der Waals surface area contributed by atoms with Crippen LogP contribution in [-0.4, -0.2) is 13.1 Å². The number of halogens is 1. The average Bonchev–Trinajstić information content (AvgIpc) is 2.70.